The molecule has 0 aromatic heterocycles. The molecular weight excluding hydrogens is 287 g/mol. The largest absolute Gasteiger partial charge is 0.402 e. The van der Waals surface area contributed by atoms with Crippen LogP contribution in [0.1, 0.15) is 6.92 Å². The van der Waals surface area contributed by atoms with Crippen molar-refractivity contribution in [2.45, 2.75) is 22.0 Å². The summed E-state index contributed by atoms with van der Waals surface area (Å²) in [6.07, 6.45) is -4.95. The van der Waals surface area contributed by atoms with E-state index in [9.17, 15) is 13.2 Å². The van der Waals surface area contributed by atoms with Crippen molar-refractivity contribution >= 4 is 46.4 Å². The molecule has 0 amide bonds. The Bertz CT molecular complexity index is 180. The fourth-order valence-corrected chi connectivity index (χ4v) is 1.82. The van der Waals surface area contributed by atoms with E-state index in [2.05, 4.69) is 0 Å². The van der Waals surface area contributed by atoms with Gasteiger partial charge in [0.2, 0.25) is 0 Å². The molecule has 4 N–H and O–H groups in total. The molecule has 0 fully saturated rings. The third-order valence-corrected chi connectivity index (χ3v) is 3.41. The molecule has 0 aliphatic rings. The van der Waals surface area contributed by atoms with Gasteiger partial charge in [0.25, 0.3) is 0 Å². The Balaban J connectivity index is 5.54. The molecule has 86 valence electrons. The summed E-state index contributed by atoms with van der Waals surface area (Å²) >= 11 is 20.7. The van der Waals surface area contributed by atoms with Crippen LogP contribution >= 0.6 is 46.4 Å². The van der Waals surface area contributed by atoms with Crippen molar-refractivity contribution in [1.82, 2.24) is 0 Å². The standard InChI is InChI=1S/C5H7Cl4F3N2/c1-2(3(6,7)13,4(8,9)14)5(10,11)12/h13-14H2,1H3. The van der Waals surface area contributed by atoms with Gasteiger partial charge < -0.3 is 0 Å². The van der Waals surface area contributed by atoms with Gasteiger partial charge >= 0.3 is 6.18 Å². The topological polar surface area (TPSA) is 52.0 Å². The number of nitrogens with two attached hydrogens (primary N) is 2. The van der Waals surface area contributed by atoms with Gasteiger partial charge in [-0.25, -0.2) is 0 Å². The van der Waals surface area contributed by atoms with Crippen LogP contribution in [0.2, 0.25) is 0 Å². The molecule has 0 radical (unpaired) electrons. The number of hydrogen-bond donors (Lipinski definition) is 2. The Morgan fingerprint density at radius 2 is 1.07 bits per heavy atom. The maximum absolute atomic E-state index is 12.6. The molecule has 0 aliphatic carbocycles. The highest BCUT2D eigenvalue weighted by Crippen LogP contribution is 2.57. The molecule has 0 bridgehead atoms. The van der Waals surface area contributed by atoms with Crippen LogP contribution in [-0.4, -0.2) is 15.1 Å². The summed E-state index contributed by atoms with van der Waals surface area (Å²) < 4.78 is 32.3. The molecule has 0 unspecified atom stereocenters. The zero-order valence-corrected chi connectivity index (χ0v) is 9.82. The lowest BCUT2D eigenvalue weighted by Gasteiger charge is -2.44. The summed E-state index contributed by atoms with van der Waals surface area (Å²) in [6.45, 7) is 0.535. The fraction of sp³-hybridized carbons (Fsp3) is 1.00. The second-order valence-corrected chi connectivity index (χ2v) is 5.64. The molecular formula is C5H7Cl4F3N2. The second-order valence-electron chi connectivity index (χ2n) is 2.87. The molecule has 0 atom stereocenters. The van der Waals surface area contributed by atoms with Gasteiger partial charge in [0.15, 0.2) is 14.3 Å². The molecule has 2 nitrogen and oxygen atoms in total. The summed E-state index contributed by atoms with van der Waals surface area (Å²) in [5, 5.41) is 0. The lowest BCUT2D eigenvalue weighted by molar-refractivity contribution is -0.227. The monoisotopic (exact) mass is 292 g/mol. The van der Waals surface area contributed by atoms with E-state index >= 15 is 0 Å². The number of hydrogen-bond acceptors (Lipinski definition) is 2. The van der Waals surface area contributed by atoms with E-state index in [1.807, 2.05) is 0 Å². The maximum atomic E-state index is 12.6. The van der Waals surface area contributed by atoms with Crippen molar-refractivity contribution in [1.29, 1.82) is 0 Å². The van der Waals surface area contributed by atoms with Crippen molar-refractivity contribution in [2.75, 3.05) is 0 Å². The minimum absolute atomic E-state index is 0.535. The van der Waals surface area contributed by atoms with Crippen LogP contribution in [0.25, 0.3) is 0 Å². The van der Waals surface area contributed by atoms with Crippen molar-refractivity contribution in [3.63, 3.8) is 0 Å². The van der Waals surface area contributed by atoms with E-state index in [1.165, 1.54) is 0 Å². The normalized spacial score (nSPS) is 15.9. The second kappa shape index (κ2) is 3.71. The Hall–Kier alpha value is 0.870. The average molecular weight is 294 g/mol. The van der Waals surface area contributed by atoms with Gasteiger partial charge in [0.1, 0.15) is 0 Å². The molecule has 0 aromatic carbocycles. The molecule has 0 rings (SSSR count). The van der Waals surface area contributed by atoms with E-state index in [0.29, 0.717) is 6.92 Å². The van der Waals surface area contributed by atoms with Crippen LogP contribution in [0.4, 0.5) is 13.2 Å². The summed E-state index contributed by atoms with van der Waals surface area (Å²) in [4.78, 5) is 0. The predicted octanol–water partition coefficient (Wildman–Crippen LogP) is 2.74. The lowest BCUT2D eigenvalue weighted by Crippen LogP contribution is -2.65. The van der Waals surface area contributed by atoms with Crippen LogP contribution in [0.3, 0.4) is 0 Å². The molecule has 0 saturated carbocycles. The molecule has 14 heavy (non-hydrogen) atoms. The zero-order chi connectivity index (χ0) is 12.0. The summed E-state index contributed by atoms with van der Waals surface area (Å²) in [5.74, 6) is 0. The van der Waals surface area contributed by atoms with E-state index in [4.69, 9.17) is 57.9 Å². The van der Waals surface area contributed by atoms with E-state index in [0.717, 1.165) is 0 Å². The van der Waals surface area contributed by atoms with Gasteiger partial charge in [-0.15, -0.1) is 0 Å². The first kappa shape index (κ1) is 14.9. The Labute approximate surface area is 98.6 Å². The van der Waals surface area contributed by atoms with Crippen molar-refractivity contribution in [3.05, 3.63) is 0 Å². The number of alkyl halides is 7. The molecule has 0 aliphatic heterocycles. The van der Waals surface area contributed by atoms with E-state index in [1.54, 1.807) is 0 Å². The Morgan fingerprint density at radius 3 is 1.07 bits per heavy atom. The summed E-state index contributed by atoms with van der Waals surface area (Å²) in [6, 6.07) is 0. The molecule has 0 spiro atoms. The molecule has 0 saturated heterocycles. The van der Waals surface area contributed by atoms with Gasteiger partial charge in [-0.2, -0.15) is 13.2 Å². The van der Waals surface area contributed by atoms with Crippen LogP contribution in [0, 0.1) is 5.41 Å². The quantitative estimate of drug-likeness (QED) is 0.607. The van der Waals surface area contributed by atoms with Crippen molar-refractivity contribution < 1.29 is 13.2 Å². The van der Waals surface area contributed by atoms with Crippen LogP contribution in [0.5, 0.6) is 0 Å². The third-order valence-electron chi connectivity index (χ3n) is 1.90. The minimum atomic E-state index is -4.95. The lowest BCUT2D eigenvalue weighted by atomic mass is 9.88. The molecule has 9 heteroatoms. The van der Waals surface area contributed by atoms with E-state index in [-0.39, 0.29) is 0 Å². The highest BCUT2D eigenvalue weighted by atomic mass is 35.5. The maximum Gasteiger partial charge on any atom is 0.402 e. The van der Waals surface area contributed by atoms with Crippen LogP contribution in [-0.2, 0) is 0 Å². The molecule has 0 heterocycles. The van der Waals surface area contributed by atoms with E-state index < -0.39 is 20.5 Å². The van der Waals surface area contributed by atoms with Gasteiger partial charge in [0.05, 0.1) is 0 Å². The van der Waals surface area contributed by atoms with Crippen LogP contribution < -0.4 is 11.5 Å². The van der Waals surface area contributed by atoms with Gasteiger partial charge in [-0.1, -0.05) is 46.4 Å². The first-order valence-corrected chi connectivity index (χ1v) is 4.66. The zero-order valence-electron chi connectivity index (χ0n) is 6.80. The van der Waals surface area contributed by atoms with Crippen molar-refractivity contribution in [3.8, 4) is 0 Å². The number of rotatable bonds is 2. The number of halogens is 7. The van der Waals surface area contributed by atoms with Gasteiger partial charge in [-0.05, 0) is 6.92 Å². The minimum Gasteiger partial charge on any atom is -0.299 e. The van der Waals surface area contributed by atoms with Gasteiger partial charge in [-0.3, -0.25) is 11.5 Å². The Morgan fingerprint density at radius 1 is 0.857 bits per heavy atom. The fourth-order valence-electron chi connectivity index (χ4n) is 0.600. The summed E-state index contributed by atoms with van der Waals surface area (Å²) in [7, 11) is 0. The van der Waals surface area contributed by atoms with Crippen molar-refractivity contribution in [2.24, 2.45) is 16.9 Å². The first-order chi connectivity index (χ1) is 5.75. The summed E-state index contributed by atoms with van der Waals surface area (Å²) in [5.41, 5.74) is 6.83. The van der Waals surface area contributed by atoms with Gasteiger partial charge in [0, 0.05) is 0 Å². The highest BCUT2D eigenvalue weighted by molar-refractivity contribution is 6.53. The smallest absolute Gasteiger partial charge is 0.299 e. The SMILES string of the molecule is CC(C(F)(F)F)(C(N)(Cl)Cl)C(N)(Cl)Cl. The predicted molar refractivity (Wildman–Crippen MR) is 51.4 cm³/mol. The van der Waals surface area contributed by atoms with Crippen LogP contribution in [0.15, 0.2) is 0 Å². The highest BCUT2D eigenvalue weighted by Gasteiger charge is 2.70. The first-order valence-electron chi connectivity index (χ1n) is 3.15. The average Bonchev–Trinajstić information content (AvgIpc) is 1.77. The Kier molecular flexibility index (Phi) is 3.95. The third kappa shape index (κ3) is 2.33. The molecule has 0 aromatic rings.